The van der Waals surface area contributed by atoms with E-state index in [1.54, 1.807) is 41.7 Å². The van der Waals surface area contributed by atoms with Gasteiger partial charge in [0, 0.05) is 28.2 Å². The van der Waals surface area contributed by atoms with E-state index in [1.165, 1.54) is 6.08 Å². The second-order valence-corrected chi connectivity index (χ2v) is 6.18. The van der Waals surface area contributed by atoms with Crippen molar-refractivity contribution in [1.29, 1.82) is 0 Å². The van der Waals surface area contributed by atoms with Gasteiger partial charge in [-0.15, -0.1) is 11.3 Å². The summed E-state index contributed by atoms with van der Waals surface area (Å²) in [5.74, 6) is -0.359. The van der Waals surface area contributed by atoms with Crippen LogP contribution in [0.3, 0.4) is 0 Å². The van der Waals surface area contributed by atoms with Crippen LogP contribution in [0.2, 0.25) is 0 Å². The maximum Gasteiger partial charge on any atom is 0.251 e. The number of rotatable bonds is 6. The van der Waals surface area contributed by atoms with E-state index in [9.17, 15) is 9.59 Å². The Hall–Kier alpha value is -2.40. The van der Waals surface area contributed by atoms with E-state index in [0.29, 0.717) is 11.3 Å². The summed E-state index contributed by atoms with van der Waals surface area (Å²) in [7, 11) is 0. The Bertz CT molecular complexity index is 693. The standard InChI is InChI=1S/C18H20N2O2S/c1-3-13(2)19-18(22)14-6-4-7-15(12-14)20-17(21)10-9-16-8-5-11-23-16/h4-13H,3H2,1-2H3,(H,19,22)(H,20,21)/b10-9+. The Morgan fingerprint density at radius 3 is 2.78 bits per heavy atom. The minimum absolute atomic E-state index is 0.120. The molecular weight excluding hydrogens is 308 g/mol. The van der Waals surface area contributed by atoms with Crippen LogP contribution in [0.5, 0.6) is 0 Å². The fraction of sp³-hybridized carbons (Fsp3) is 0.222. The SMILES string of the molecule is CCC(C)NC(=O)c1cccc(NC(=O)/C=C/c2cccs2)c1. The molecule has 4 nitrogen and oxygen atoms in total. The van der Waals surface area contributed by atoms with E-state index in [1.807, 2.05) is 31.4 Å². The fourth-order valence-corrected chi connectivity index (χ4v) is 2.49. The summed E-state index contributed by atoms with van der Waals surface area (Å²) < 4.78 is 0. The molecule has 2 amide bonds. The van der Waals surface area contributed by atoms with Gasteiger partial charge < -0.3 is 10.6 Å². The average molecular weight is 328 g/mol. The second kappa shape index (κ2) is 8.29. The van der Waals surface area contributed by atoms with Crippen molar-refractivity contribution in [2.75, 3.05) is 5.32 Å². The second-order valence-electron chi connectivity index (χ2n) is 5.20. The highest BCUT2D eigenvalue weighted by Crippen LogP contribution is 2.13. The van der Waals surface area contributed by atoms with Gasteiger partial charge in [0.2, 0.25) is 5.91 Å². The largest absolute Gasteiger partial charge is 0.350 e. The van der Waals surface area contributed by atoms with E-state index >= 15 is 0 Å². The molecule has 0 radical (unpaired) electrons. The van der Waals surface area contributed by atoms with Crippen LogP contribution in [0.25, 0.3) is 6.08 Å². The molecule has 5 heteroatoms. The van der Waals surface area contributed by atoms with Crippen molar-refractivity contribution in [3.8, 4) is 0 Å². The molecule has 1 heterocycles. The Balaban J connectivity index is 1.99. The van der Waals surface area contributed by atoms with Crippen molar-refractivity contribution in [2.45, 2.75) is 26.3 Å². The Kier molecular flexibility index (Phi) is 6.11. The molecule has 0 bridgehead atoms. The van der Waals surface area contributed by atoms with Crippen molar-refractivity contribution in [3.05, 3.63) is 58.3 Å². The lowest BCUT2D eigenvalue weighted by Crippen LogP contribution is -2.31. The lowest BCUT2D eigenvalue weighted by molar-refractivity contribution is -0.111. The number of nitrogens with one attached hydrogen (secondary N) is 2. The first-order valence-corrected chi connectivity index (χ1v) is 8.40. The van der Waals surface area contributed by atoms with E-state index in [-0.39, 0.29) is 17.9 Å². The zero-order valence-electron chi connectivity index (χ0n) is 13.2. The molecule has 1 atom stereocenters. The number of amides is 2. The van der Waals surface area contributed by atoms with Crippen LogP contribution in [0.1, 0.15) is 35.5 Å². The zero-order valence-corrected chi connectivity index (χ0v) is 14.0. The molecule has 2 rings (SSSR count). The predicted octanol–water partition coefficient (Wildman–Crippen LogP) is 3.93. The molecule has 0 fully saturated rings. The van der Waals surface area contributed by atoms with Crippen LogP contribution in [0, 0.1) is 0 Å². The van der Waals surface area contributed by atoms with Crippen LogP contribution in [-0.2, 0) is 4.79 Å². The zero-order chi connectivity index (χ0) is 16.7. The number of thiophene rings is 1. The predicted molar refractivity (Wildman–Crippen MR) is 95.6 cm³/mol. The molecule has 0 spiro atoms. The Labute approximate surface area is 140 Å². The van der Waals surface area contributed by atoms with Crippen LogP contribution >= 0.6 is 11.3 Å². The highest BCUT2D eigenvalue weighted by molar-refractivity contribution is 7.10. The molecule has 0 saturated heterocycles. The highest BCUT2D eigenvalue weighted by Gasteiger charge is 2.09. The van der Waals surface area contributed by atoms with E-state index in [0.717, 1.165) is 11.3 Å². The van der Waals surface area contributed by atoms with Gasteiger partial charge in [-0.3, -0.25) is 9.59 Å². The van der Waals surface area contributed by atoms with Crippen LogP contribution in [-0.4, -0.2) is 17.9 Å². The van der Waals surface area contributed by atoms with Gasteiger partial charge in [0.05, 0.1) is 0 Å². The van der Waals surface area contributed by atoms with E-state index < -0.39 is 0 Å². The number of carbonyl (C=O) groups excluding carboxylic acids is 2. The van der Waals surface area contributed by atoms with Gasteiger partial charge in [-0.2, -0.15) is 0 Å². The van der Waals surface area contributed by atoms with Crippen LogP contribution < -0.4 is 10.6 Å². The summed E-state index contributed by atoms with van der Waals surface area (Å²) in [6.45, 7) is 3.97. The summed E-state index contributed by atoms with van der Waals surface area (Å²) in [6, 6.07) is 10.9. The van der Waals surface area contributed by atoms with Gasteiger partial charge in [-0.1, -0.05) is 19.1 Å². The molecule has 0 aliphatic rings. The summed E-state index contributed by atoms with van der Waals surface area (Å²) >= 11 is 1.57. The first-order valence-electron chi connectivity index (χ1n) is 7.52. The molecule has 23 heavy (non-hydrogen) atoms. The molecule has 0 aliphatic carbocycles. The minimum Gasteiger partial charge on any atom is -0.350 e. The Morgan fingerprint density at radius 1 is 1.26 bits per heavy atom. The first kappa shape index (κ1) is 17.0. The Morgan fingerprint density at radius 2 is 2.09 bits per heavy atom. The fourth-order valence-electron chi connectivity index (χ4n) is 1.88. The number of hydrogen-bond donors (Lipinski definition) is 2. The molecular formula is C18H20N2O2S. The smallest absolute Gasteiger partial charge is 0.251 e. The van der Waals surface area contributed by atoms with Gasteiger partial charge in [0.15, 0.2) is 0 Å². The highest BCUT2D eigenvalue weighted by atomic mass is 32.1. The topological polar surface area (TPSA) is 58.2 Å². The van der Waals surface area contributed by atoms with E-state index in [4.69, 9.17) is 0 Å². The van der Waals surface area contributed by atoms with Crippen molar-refractivity contribution in [3.63, 3.8) is 0 Å². The third-order valence-corrected chi connectivity index (χ3v) is 4.16. The summed E-state index contributed by atoms with van der Waals surface area (Å²) in [6.07, 6.45) is 4.12. The first-order chi connectivity index (χ1) is 11.1. The van der Waals surface area contributed by atoms with Crippen LogP contribution in [0.4, 0.5) is 5.69 Å². The molecule has 2 N–H and O–H groups in total. The van der Waals surface area contributed by atoms with E-state index in [2.05, 4.69) is 10.6 Å². The monoisotopic (exact) mass is 328 g/mol. The third-order valence-electron chi connectivity index (χ3n) is 3.32. The molecule has 1 aromatic heterocycles. The average Bonchev–Trinajstić information content (AvgIpc) is 3.06. The molecule has 120 valence electrons. The molecule has 0 saturated carbocycles. The molecule has 1 aromatic carbocycles. The van der Waals surface area contributed by atoms with Gasteiger partial charge in [-0.05, 0) is 49.1 Å². The normalized spacial score (nSPS) is 12.1. The van der Waals surface area contributed by atoms with Crippen molar-refractivity contribution in [1.82, 2.24) is 5.32 Å². The molecule has 1 unspecified atom stereocenters. The minimum atomic E-state index is -0.224. The number of anilines is 1. The maximum atomic E-state index is 12.1. The molecule has 2 aromatic rings. The third kappa shape index (κ3) is 5.38. The number of carbonyl (C=O) groups is 2. The summed E-state index contributed by atoms with van der Waals surface area (Å²) in [5.41, 5.74) is 1.13. The molecule has 0 aliphatic heterocycles. The van der Waals surface area contributed by atoms with Gasteiger partial charge in [-0.25, -0.2) is 0 Å². The lowest BCUT2D eigenvalue weighted by Gasteiger charge is -2.12. The van der Waals surface area contributed by atoms with Gasteiger partial charge in [0.1, 0.15) is 0 Å². The number of benzene rings is 1. The van der Waals surface area contributed by atoms with Crippen molar-refractivity contribution in [2.24, 2.45) is 0 Å². The van der Waals surface area contributed by atoms with Crippen LogP contribution in [0.15, 0.2) is 47.9 Å². The van der Waals surface area contributed by atoms with Crippen molar-refractivity contribution < 1.29 is 9.59 Å². The van der Waals surface area contributed by atoms with Gasteiger partial charge in [0.25, 0.3) is 5.91 Å². The van der Waals surface area contributed by atoms with Gasteiger partial charge >= 0.3 is 0 Å². The maximum absolute atomic E-state index is 12.1. The quantitative estimate of drug-likeness (QED) is 0.789. The number of hydrogen-bond acceptors (Lipinski definition) is 3. The summed E-state index contributed by atoms with van der Waals surface area (Å²) in [5, 5.41) is 7.63. The van der Waals surface area contributed by atoms with Crippen molar-refractivity contribution >= 4 is 34.9 Å². The summed E-state index contributed by atoms with van der Waals surface area (Å²) in [4.78, 5) is 25.0. The lowest BCUT2D eigenvalue weighted by atomic mass is 10.1.